The van der Waals surface area contributed by atoms with Crippen LogP contribution in [0.5, 0.6) is 0 Å². The van der Waals surface area contributed by atoms with Crippen LogP contribution in [0.3, 0.4) is 0 Å². The fraction of sp³-hybridized carbons (Fsp3) is 0.692. The van der Waals surface area contributed by atoms with E-state index in [1.165, 1.54) is 31.2 Å². The normalized spacial score (nSPS) is 25.9. The highest BCUT2D eigenvalue weighted by atomic mass is 32.2. The van der Waals surface area contributed by atoms with Crippen LogP contribution in [-0.4, -0.2) is 22.1 Å². The predicted molar refractivity (Wildman–Crippen MR) is 71.8 cm³/mol. The van der Waals surface area contributed by atoms with Gasteiger partial charge < -0.3 is 9.88 Å². The molecule has 0 aromatic carbocycles. The minimum absolute atomic E-state index is 0.712. The van der Waals surface area contributed by atoms with Crippen LogP contribution in [-0.2, 0) is 13.6 Å². The monoisotopic (exact) mass is 238 g/mol. The molecule has 1 fully saturated rings. The molecule has 3 heteroatoms. The van der Waals surface area contributed by atoms with E-state index in [-0.39, 0.29) is 0 Å². The summed E-state index contributed by atoms with van der Waals surface area (Å²) in [5.74, 6) is 0. The minimum Gasteiger partial charge on any atom is -0.357 e. The van der Waals surface area contributed by atoms with Crippen molar-refractivity contribution in [1.29, 1.82) is 0 Å². The van der Waals surface area contributed by atoms with E-state index in [9.17, 15) is 0 Å². The maximum Gasteiger partial charge on any atom is 0.0223 e. The Hall–Kier alpha value is -0.410. The number of aromatic nitrogens is 1. The van der Waals surface area contributed by atoms with Gasteiger partial charge in [0.2, 0.25) is 0 Å². The van der Waals surface area contributed by atoms with Crippen LogP contribution in [0.2, 0.25) is 0 Å². The second-order valence-corrected chi connectivity index (χ2v) is 5.81. The first kappa shape index (κ1) is 12.1. The Morgan fingerprint density at radius 3 is 2.94 bits per heavy atom. The first-order valence-electron chi connectivity index (χ1n) is 6.16. The molecule has 2 unspecified atom stereocenters. The molecular formula is C13H22N2S. The summed E-state index contributed by atoms with van der Waals surface area (Å²) in [6, 6.07) is 2.91. The fourth-order valence-corrected chi connectivity index (χ4v) is 3.49. The van der Waals surface area contributed by atoms with E-state index >= 15 is 0 Å². The summed E-state index contributed by atoms with van der Waals surface area (Å²) < 4.78 is 2.12. The van der Waals surface area contributed by atoms with Gasteiger partial charge in [0.1, 0.15) is 0 Å². The van der Waals surface area contributed by atoms with Gasteiger partial charge in [0, 0.05) is 37.3 Å². The van der Waals surface area contributed by atoms with Crippen LogP contribution in [0, 0.1) is 0 Å². The van der Waals surface area contributed by atoms with E-state index in [0.29, 0.717) is 6.04 Å². The van der Waals surface area contributed by atoms with E-state index < -0.39 is 0 Å². The van der Waals surface area contributed by atoms with E-state index in [1.54, 1.807) is 0 Å². The van der Waals surface area contributed by atoms with Crippen LogP contribution >= 0.6 is 11.8 Å². The Morgan fingerprint density at radius 2 is 2.25 bits per heavy atom. The molecule has 0 amide bonds. The molecule has 0 saturated heterocycles. The Labute approximate surface area is 103 Å². The molecule has 2 atom stereocenters. The van der Waals surface area contributed by atoms with Gasteiger partial charge in [-0.25, -0.2) is 0 Å². The van der Waals surface area contributed by atoms with Gasteiger partial charge in [-0.1, -0.05) is 12.8 Å². The van der Waals surface area contributed by atoms with E-state index in [4.69, 9.17) is 0 Å². The molecule has 16 heavy (non-hydrogen) atoms. The van der Waals surface area contributed by atoms with Crippen molar-refractivity contribution in [3.63, 3.8) is 0 Å². The fourth-order valence-electron chi connectivity index (χ4n) is 2.53. The lowest BCUT2D eigenvalue weighted by molar-refractivity contribution is 0.383. The van der Waals surface area contributed by atoms with Gasteiger partial charge >= 0.3 is 0 Å². The molecular weight excluding hydrogens is 216 g/mol. The maximum absolute atomic E-state index is 3.72. The minimum atomic E-state index is 0.712. The Kier molecular flexibility index (Phi) is 4.36. The highest BCUT2D eigenvalue weighted by Crippen LogP contribution is 2.27. The lowest BCUT2D eigenvalue weighted by Gasteiger charge is -2.31. The van der Waals surface area contributed by atoms with Crippen LogP contribution < -0.4 is 5.32 Å². The standard InChI is InChI=1S/C13H22N2S/c1-15-8-7-11(10-15)9-14-12-5-3-4-6-13(12)16-2/h7-8,10,12-14H,3-6,9H2,1-2H3. The molecule has 2 rings (SSSR count). The van der Waals surface area contributed by atoms with Crippen LogP contribution in [0.1, 0.15) is 31.2 Å². The van der Waals surface area contributed by atoms with E-state index in [2.05, 4.69) is 41.6 Å². The lowest BCUT2D eigenvalue weighted by atomic mass is 9.95. The summed E-state index contributed by atoms with van der Waals surface area (Å²) in [4.78, 5) is 0. The van der Waals surface area contributed by atoms with Crippen molar-refractivity contribution in [2.45, 2.75) is 43.5 Å². The Morgan fingerprint density at radius 1 is 1.44 bits per heavy atom. The highest BCUT2D eigenvalue weighted by Gasteiger charge is 2.23. The lowest BCUT2D eigenvalue weighted by Crippen LogP contribution is -2.39. The van der Waals surface area contributed by atoms with E-state index in [0.717, 1.165) is 11.8 Å². The SMILES string of the molecule is CSC1CCCCC1NCc1ccn(C)c1. The number of nitrogens with one attached hydrogen (secondary N) is 1. The maximum atomic E-state index is 3.72. The van der Waals surface area contributed by atoms with Gasteiger partial charge in [-0.3, -0.25) is 0 Å². The average Bonchev–Trinajstić information content (AvgIpc) is 2.73. The zero-order valence-corrected chi connectivity index (χ0v) is 11.1. The quantitative estimate of drug-likeness (QED) is 0.868. The molecule has 0 spiro atoms. The molecule has 1 N–H and O–H groups in total. The number of hydrogen-bond donors (Lipinski definition) is 1. The average molecular weight is 238 g/mol. The number of thioether (sulfide) groups is 1. The van der Waals surface area contributed by atoms with Gasteiger partial charge in [-0.05, 0) is 30.7 Å². The number of hydrogen-bond acceptors (Lipinski definition) is 2. The van der Waals surface area contributed by atoms with Crippen molar-refractivity contribution in [3.05, 3.63) is 24.0 Å². The molecule has 2 nitrogen and oxygen atoms in total. The van der Waals surface area contributed by atoms with Crippen molar-refractivity contribution in [3.8, 4) is 0 Å². The van der Waals surface area contributed by atoms with Crippen LogP contribution in [0.25, 0.3) is 0 Å². The third-order valence-corrected chi connectivity index (χ3v) is 4.64. The van der Waals surface area contributed by atoms with Gasteiger partial charge in [-0.15, -0.1) is 0 Å². The summed E-state index contributed by atoms with van der Waals surface area (Å²) in [6.45, 7) is 1.02. The second kappa shape index (κ2) is 5.78. The van der Waals surface area contributed by atoms with Gasteiger partial charge in [-0.2, -0.15) is 11.8 Å². The van der Waals surface area contributed by atoms with Crippen LogP contribution in [0.4, 0.5) is 0 Å². The molecule has 90 valence electrons. The first-order chi connectivity index (χ1) is 7.79. The highest BCUT2D eigenvalue weighted by molar-refractivity contribution is 7.99. The number of rotatable bonds is 4. The zero-order valence-electron chi connectivity index (χ0n) is 10.3. The summed E-state index contributed by atoms with van der Waals surface area (Å²) in [6.07, 6.45) is 12.1. The topological polar surface area (TPSA) is 17.0 Å². The van der Waals surface area contributed by atoms with E-state index in [1.807, 2.05) is 11.8 Å². The zero-order chi connectivity index (χ0) is 11.4. The third-order valence-electron chi connectivity index (χ3n) is 3.47. The third kappa shape index (κ3) is 3.05. The Balaban J connectivity index is 1.84. The van der Waals surface area contributed by atoms with Crippen LogP contribution in [0.15, 0.2) is 18.5 Å². The van der Waals surface area contributed by atoms with Crippen molar-refractivity contribution >= 4 is 11.8 Å². The first-order valence-corrected chi connectivity index (χ1v) is 7.45. The number of nitrogens with zero attached hydrogens (tertiary/aromatic N) is 1. The smallest absolute Gasteiger partial charge is 0.0223 e. The predicted octanol–water partition coefficient (Wildman–Crippen LogP) is 2.79. The molecule has 1 heterocycles. The number of aryl methyl sites for hydroxylation is 1. The largest absolute Gasteiger partial charge is 0.357 e. The molecule has 0 bridgehead atoms. The molecule has 1 aromatic rings. The van der Waals surface area contributed by atoms with Gasteiger partial charge in [0.15, 0.2) is 0 Å². The summed E-state index contributed by atoms with van der Waals surface area (Å²) >= 11 is 2.03. The molecule has 1 saturated carbocycles. The summed E-state index contributed by atoms with van der Waals surface area (Å²) in [5, 5.41) is 4.54. The van der Waals surface area contributed by atoms with Crippen molar-refractivity contribution in [1.82, 2.24) is 9.88 Å². The molecule has 1 aliphatic carbocycles. The molecule has 1 aromatic heterocycles. The van der Waals surface area contributed by atoms with Crippen molar-refractivity contribution in [2.75, 3.05) is 6.26 Å². The van der Waals surface area contributed by atoms with Crippen molar-refractivity contribution in [2.24, 2.45) is 7.05 Å². The van der Waals surface area contributed by atoms with Gasteiger partial charge in [0.05, 0.1) is 0 Å². The molecule has 0 radical (unpaired) electrons. The molecule has 0 aliphatic heterocycles. The second-order valence-electron chi connectivity index (χ2n) is 4.73. The summed E-state index contributed by atoms with van der Waals surface area (Å²) in [5.41, 5.74) is 1.40. The van der Waals surface area contributed by atoms with Crippen molar-refractivity contribution < 1.29 is 0 Å². The summed E-state index contributed by atoms with van der Waals surface area (Å²) in [7, 11) is 2.08. The molecule has 1 aliphatic rings. The van der Waals surface area contributed by atoms with Gasteiger partial charge in [0.25, 0.3) is 0 Å². The Bertz CT molecular complexity index is 321.